The number of nitrogens with zero attached hydrogens (tertiary/aromatic N) is 1. The Morgan fingerprint density at radius 1 is 0.404 bits per heavy atom. The average molecular weight is 670 g/mol. The zero-order valence-electron chi connectivity index (χ0n) is 29.9. The van der Waals surface area contributed by atoms with Gasteiger partial charge >= 0.3 is 0 Å². The molecule has 0 unspecified atom stereocenters. The van der Waals surface area contributed by atoms with Gasteiger partial charge in [-0.15, -0.1) is 0 Å². The Kier molecular flexibility index (Phi) is 6.60. The molecule has 2 aliphatic carbocycles. The molecule has 0 amide bonds. The van der Waals surface area contributed by atoms with Crippen LogP contribution in [0, 0.1) is 0 Å². The number of anilines is 3. The van der Waals surface area contributed by atoms with Gasteiger partial charge in [-0.05, 0) is 98.6 Å². The van der Waals surface area contributed by atoms with Gasteiger partial charge in [-0.25, -0.2) is 0 Å². The molecule has 7 aromatic carbocycles. The van der Waals surface area contributed by atoms with Gasteiger partial charge in [-0.3, -0.25) is 0 Å². The van der Waals surface area contributed by atoms with Crippen LogP contribution in [0.15, 0.2) is 168 Å². The molecule has 1 aromatic heterocycles. The molecule has 2 aliphatic rings. The standard InChI is InChI=1S/C50H39NO/c1-49(2)43-16-10-8-14-39(43)42-31-38(27-29-44(42)49)51(36-23-18-33(19-24-36)32-12-6-5-7-13-32)37-25-20-34(21-26-37)35-22-28-40-45(30-35)50(3,4)47-41-15-9-11-17-46(41)52-48(40)47/h5-31H,1-4H3. The number of furan rings is 1. The first kappa shape index (κ1) is 30.7. The Balaban J connectivity index is 1.05. The minimum absolute atomic E-state index is 0.0378. The van der Waals surface area contributed by atoms with Crippen molar-refractivity contribution in [2.75, 3.05) is 4.90 Å². The van der Waals surface area contributed by atoms with E-state index in [9.17, 15) is 0 Å². The van der Waals surface area contributed by atoms with Gasteiger partial charge < -0.3 is 9.32 Å². The Morgan fingerprint density at radius 2 is 0.981 bits per heavy atom. The fourth-order valence-corrected chi connectivity index (χ4v) is 8.96. The highest BCUT2D eigenvalue weighted by molar-refractivity contribution is 5.95. The van der Waals surface area contributed by atoms with E-state index >= 15 is 0 Å². The second-order valence-corrected chi connectivity index (χ2v) is 15.4. The van der Waals surface area contributed by atoms with Crippen LogP contribution in [0.1, 0.15) is 49.9 Å². The van der Waals surface area contributed by atoms with Gasteiger partial charge in [0.05, 0.1) is 0 Å². The molecular formula is C50H39NO. The molecule has 10 rings (SSSR count). The highest BCUT2D eigenvalue weighted by atomic mass is 16.3. The summed E-state index contributed by atoms with van der Waals surface area (Å²) >= 11 is 0. The predicted molar refractivity (Wildman–Crippen MR) is 217 cm³/mol. The third-order valence-corrected chi connectivity index (χ3v) is 11.7. The molecule has 2 heteroatoms. The maximum atomic E-state index is 6.43. The summed E-state index contributed by atoms with van der Waals surface area (Å²) in [5.74, 6) is 1.01. The first-order valence-electron chi connectivity index (χ1n) is 18.3. The lowest BCUT2D eigenvalue weighted by Gasteiger charge is -2.27. The quantitative estimate of drug-likeness (QED) is 0.181. The van der Waals surface area contributed by atoms with Crippen LogP contribution >= 0.6 is 0 Å². The van der Waals surface area contributed by atoms with Gasteiger partial charge in [0.25, 0.3) is 0 Å². The molecule has 1 heterocycles. The average Bonchev–Trinajstić information content (AvgIpc) is 3.76. The highest BCUT2D eigenvalue weighted by Gasteiger charge is 2.40. The SMILES string of the molecule is CC1(C)c2ccccc2-c2cc(N(c3ccc(-c4ccccc4)cc3)c3ccc(-c4ccc5c(c4)C(C)(C)c4c-5oc5ccccc45)cc3)ccc21. The topological polar surface area (TPSA) is 16.4 Å². The van der Waals surface area contributed by atoms with Gasteiger partial charge in [-0.1, -0.05) is 143 Å². The van der Waals surface area contributed by atoms with Crippen molar-refractivity contribution in [1.82, 2.24) is 0 Å². The van der Waals surface area contributed by atoms with Crippen molar-refractivity contribution < 1.29 is 4.42 Å². The van der Waals surface area contributed by atoms with Gasteiger partial charge in [-0.2, -0.15) is 0 Å². The van der Waals surface area contributed by atoms with Crippen LogP contribution in [0.25, 0.3) is 55.7 Å². The molecule has 0 saturated heterocycles. The van der Waals surface area contributed by atoms with Crippen LogP contribution in [0.3, 0.4) is 0 Å². The summed E-state index contributed by atoms with van der Waals surface area (Å²) < 4.78 is 6.43. The van der Waals surface area contributed by atoms with Crippen LogP contribution in [0.5, 0.6) is 0 Å². The maximum absolute atomic E-state index is 6.43. The highest BCUT2D eigenvalue weighted by Crippen LogP contribution is 2.54. The molecule has 0 spiro atoms. The number of benzene rings is 7. The second kappa shape index (κ2) is 11.2. The zero-order chi connectivity index (χ0) is 35.2. The third-order valence-electron chi connectivity index (χ3n) is 11.7. The fraction of sp³-hybridized carbons (Fsp3) is 0.120. The van der Waals surface area contributed by atoms with E-state index in [4.69, 9.17) is 4.42 Å². The molecule has 0 aliphatic heterocycles. The second-order valence-electron chi connectivity index (χ2n) is 15.4. The van der Waals surface area contributed by atoms with Crippen LogP contribution in [0.4, 0.5) is 17.1 Å². The summed E-state index contributed by atoms with van der Waals surface area (Å²) in [6.45, 7) is 9.32. The van der Waals surface area contributed by atoms with Crippen molar-refractivity contribution in [3.63, 3.8) is 0 Å². The third kappa shape index (κ3) is 4.50. The Bertz CT molecular complexity index is 2660. The van der Waals surface area contributed by atoms with E-state index in [1.54, 1.807) is 0 Å². The summed E-state index contributed by atoms with van der Waals surface area (Å²) in [5, 5.41) is 1.21. The minimum atomic E-state index is -0.156. The number of para-hydroxylation sites is 1. The van der Waals surface area contributed by atoms with E-state index in [0.717, 1.165) is 28.4 Å². The number of hydrogen-bond donors (Lipinski definition) is 0. The molecular weight excluding hydrogens is 631 g/mol. The number of fused-ring (bicyclic) bond motifs is 8. The van der Waals surface area contributed by atoms with Gasteiger partial charge in [0.15, 0.2) is 0 Å². The number of rotatable bonds is 5. The molecule has 0 fully saturated rings. The van der Waals surface area contributed by atoms with Gasteiger partial charge in [0, 0.05) is 44.4 Å². The van der Waals surface area contributed by atoms with Gasteiger partial charge in [0.2, 0.25) is 0 Å². The van der Waals surface area contributed by atoms with Crippen molar-refractivity contribution in [2.24, 2.45) is 0 Å². The molecule has 52 heavy (non-hydrogen) atoms. The number of hydrogen-bond acceptors (Lipinski definition) is 2. The lowest BCUT2D eigenvalue weighted by Crippen LogP contribution is -2.15. The first-order valence-corrected chi connectivity index (χ1v) is 18.3. The van der Waals surface area contributed by atoms with Crippen molar-refractivity contribution in [2.45, 2.75) is 38.5 Å². The molecule has 0 radical (unpaired) electrons. The van der Waals surface area contributed by atoms with E-state index < -0.39 is 0 Å². The lowest BCUT2D eigenvalue weighted by atomic mass is 9.80. The summed E-state index contributed by atoms with van der Waals surface area (Å²) in [5.41, 5.74) is 18.2. The predicted octanol–water partition coefficient (Wildman–Crippen LogP) is 13.8. The van der Waals surface area contributed by atoms with Crippen LogP contribution < -0.4 is 4.90 Å². The molecule has 250 valence electrons. The van der Waals surface area contributed by atoms with Gasteiger partial charge in [0.1, 0.15) is 11.3 Å². The molecule has 0 saturated carbocycles. The summed E-state index contributed by atoms with van der Waals surface area (Å²) in [6, 6.07) is 59.8. The van der Waals surface area contributed by atoms with E-state index in [1.807, 2.05) is 6.07 Å². The molecule has 0 N–H and O–H groups in total. The van der Waals surface area contributed by atoms with Crippen LogP contribution in [0.2, 0.25) is 0 Å². The molecule has 0 bridgehead atoms. The molecule has 8 aromatic rings. The smallest absolute Gasteiger partial charge is 0.139 e. The van der Waals surface area contributed by atoms with Crippen molar-refractivity contribution >= 4 is 28.0 Å². The lowest BCUT2D eigenvalue weighted by molar-refractivity contribution is 0.619. The normalized spacial score (nSPS) is 14.5. The Labute approximate surface area is 305 Å². The summed E-state index contributed by atoms with van der Waals surface area (Å²) in [7, 11) is 0. The van der Waals surface area contributed by atoms with E-state index in [0.29, 0.717) is 0 Å². The zero-order valence-corrected chi connectivity index (χ0v) is 29.9. The fourth-order valence-electron chi connectivity index (χ4n) is 8.96. The van der Waals surface area contributed by atoms with Crippen LogP contribution in [-0.4, -0.2) is 0 Å². The van der Waals surface area contributed by atoms with E-state index in [1.165, 1.54) is 66.6 Å². The minimum Gasteiger partial charge on any atom is -0.456 e. The Morgan fingerprint density at radius 3 is 1.73 bits per heavy atom. The molecule has 2 nitrogen and oxygen atoms in total. The van der Waals surface area contributed by atoms with Crippen molar-refractivity contribution in [3.8, 4) is 44.7 Å². The molecule has 0 atom stereocenters. The maximum Gasteiger partial charge on any atom is 0.139 e. The van der Waals surface area contributed by atoms with E-state index in [2.05, 4.69) is 190 Å². The summed E-state index contributed by atoms with van der Waals surface area (Å²) in [6.07, 6.45) is 0. The summed E-state index contributed by atoms with van der Waals surface area (Å²) in [4.78, 5) is 2.39. The van der Waals surface area contributed by atoms with Crippen molar-refractivity contribution in [3.05, 3.63) is 186 Å². The Hall–Kier alpha value is -6.12. The van der Waals surface area contributed by atoms with E-state index in [-0.39, 0.29) is 10.8 Å². The first-order chi connectivity index (χ1) is 25.3. The largest absolute Gasteiger partial charge is 0.456 e. The monoisotopic (exact) mass is 669 g/mol. The van der Waals surface area contributed by atoms with Crippen LogP contribution in [-0.2, 0) is 10.8 Å². The van der Waals surface area contributed by atoms with Crippen molar-refractivity contribution in [1.29, 1.82) is 0 Å².